The van der Waals surface area contributed by atoms with Crippen molar-refractivity contribution in [3.8, 4) is 0 Å². The van der Waals surface area contributed by atoms with Crippen LogP contribution in [0.5, 0.6) is 0 Å². The number of benzene rings is 2. The van der Waals surface area contributed by atoms with Crippen LogP contribution in [0.25, 0.3) is 5.57 Å². The first-order chi connectivity index (χ1) is 15.7. The quantitative estimate of drug-likeness (QED) is 0.305. The van der Waals surface area contributed by atoms with E-state index in [9.17, 15) is 0 Å². The SMILES string of the molecule is CCN(CC)C(=[Se])C(C)=C(c1ccccc1)c1ccccc1.[C-]#[O+].[C-]#[O+].[C-]#[O+].[C-]#[O+].[C-]#[O+].[Cr]. The Hall–Kier alpha value is -2.40. The third kappa shape index (κ3) is 16.0. The van der Waals surface area contributed by atoms with Crippen molar-refractivity contribution in [1.29, 1.82) is 0 Å². The average molecular weight is 548 g/mol. The van der Waals surface area contributed by atoms with Gasteiger partial charge < -0.3 is 0 Å². The van der Waals surface area contributed by atoms with Crippen LogP contribution in [-0.2, 0) is 40.6 Å². The molecule has 0 radical (unpaired) electrons. The van der Waals surface area contributed by atoms with E-state index >= 15 is 0 Å². The molecule has 8 heteroatoms. The summed E-state index contributed by atoms with van der Waals surface area (Å²) in [6, 6.07) is 21.3. The van der Waals surface area contributed by atoms with Gasteiger partial charge in [-0.05, 0) is 0 Å². The van der Waals surface area contributed by atoms with E-state index < -0.39 is 0 Å². The van der Waals surface area contributed by atoms with E-state index in [4.69, 9.17) is 23.3 Å². The summed E-state index contributed by atoms with van der Waals surface area (Å²) in [4.78, 5) is 2.36. The van der Waals surface area contributed by atoms with Crippen LogP contribution in [0.1, 0.15) is 31.9 Å². The smallest absolute Gasteiger partial charge is 0 e. The van der Waals surface area contributed by atoms with Crippen LogP contribution in [0.15, 0.2) is 66.2 Å². The molecule has 6 nitrogen and oxygen atoms in total. The maximum atomic E-state index is 7.50. The molecule has 0 saturated carbocycles. The minimum absolute atomic E-state index is 0. The van der Waals surface area contributed by atoms with Crippen molar-refractivity contribution < 1.29 is 40.6 Å². The number of likely N-dealkylation sites (N-methyl/N-ethyl adjacent to an activating group) is 1. The summed E-state index contributed by atoms with van der Waals surface area (Å²) in [6.45, 7) is 31.1. The Labute approximate surface area is 215 Å². The number of nitrogens with zero attached hydrogens (tertiary/aromatic N) is 1. The molecule has 170 valence electrons. The molecule has 0 spiro atoms. The van der Waals surface area contributed by atoms with Gasteiger partial charge in [-0.2, -0.15) is 0 Å². The number of hydrogen-bond acceptors (Lipinski definition) is 1. The van der Waals surface area contributed by atoms with E-state index in [1.807, 2.05) is 0 Å². The number of hydrogen-bond donors (Lipinski definition) is 0. The molecule has 0 N–H and O–H groups in total. The fourth-order valence-corrected chi connectivity index (χ4v) is 3.42. The first kappa shape index (κ1) is 40.9. The zero-order valence-corrected chi connectivity index (χ0v) is 21.5. The van der Waals surface area contributed by atoms with E-state index in [1.165, 1.54) is 26.8 Å². The van der Waals surface area contributed by atoms with Gasteiger partial charge in [0.05, 0.1) is 0 Å². The maximum Gasteiger partial charge on any atom is 0 e. The fraction of sp³-hybridized carbons (Fsp3) is 0.200. The van der Waals surface area contributed by atoms with E-state index in [1.54, 1.807) is 0 Å². The van der Waals surface area contributed by atoms with Gasteiger partial charge in [-0.3, -0.25) is 0 Å². The normalized spacial score (nSPS) is 7.06. The van der Waals surface area contributed by atoms with E-state index in [0.717, 1.165) is 13.1 Å². The summed E-state index contributed by atoms with van der Waals surface area (Å²) in [5, 5.41) is 0. The molecule has 0 aromatic heterocycles. The largest absolute Gasteiger partial charge is 0 e. The first-order valence-electron chi connectivity index (χ1n) is 8.82. The number of rotatable bonds is 6. The Balaban J connectivity index is -0.000000210. The molecule has 2 aromatic rings. The predicted octanol–water partition coefficient (Wildman–Crippen LogP) is 3.96. The summed E-state index contributed by atoms with van der Waals surface area (Å²) >= 11 is 3.28. The van der Waals surface area contributed by atoms with Crippen molar-refractivity contribution in [1.82, 2.24) is 4.90 Å². The molecule has 0 atom stereocenters. The second-order valence-electron chi connectivity index (χ2n) is 5.21. The molecule has 0 fully saturated rings. The van der Waals surface area contributed by atoms with Crippen molar-refractivity contribution in [2.24, 2.45) is 0 Å². The molecule has 0 amide bonds. The molecular weight excluding hydrogens is 525 g/mol. The third-order valence-corrected chi connectivity index (χ3v) is 5.06. The molecule has 0 aliphatic carbocycles. The standard InChI is InChI=1S/C20H23NSe.5CO.Cr/c1-4-21(5-2)20(22)16(3)19(17-12-8-6-9-13-17)18-14-10-7-11-15-18;5*1-2;/h6-15H,4-5H2,1-3H3;;;;;;. The summed E-state index contributed by atoms with van der Waals surface area (Å²) in [7, 11) is 0. The summed E-state index contributed by atoms with van der Waals surface area (Å²) < 4.78 is 38.7. The summed E-state index contributed by atoms with van der Waals surface area (Å²) in [6.07, 6.45) is 0. The van der Waals surface area contributed by atoms with Gasteiger partial charge in [-0.1, -0.05) is 0 Å². The predicted molar refractivity (Wildman–Crippen MR) is 118 cm³/mol. The molecule has 0 aliphatic rings. The van der Waals surface area contributed by atoms with Crippen molar-refractivity contribution in [2.45, 2.75) is 20.8 Å². The minimum atomic E-state index is 0. The van der Waals surface area contributed by atoms with Gasteiger partial charge in [-0.15, -0.1) is 0 Å². The van der Waals surface area contributed by atoms with Crippen LogP contribution in [0.4, 0.5) is 0 Å². The molecule has 0 saturated heterocycles. The Morgan fingerprint density at radius 3 is 1.18 bits per heavy atom. The van der Waals surface area contributed by atoms with Gasteiger partial charge in [0.25, 0.3) is 0 Å². The first-order valence-corrected chi connectivity index (χ1v) is 9.67. The second kappa shape index (κ2) is 31.8. The van der Waals surface area contributed by atoms with Crippen LogP contribution in [0.2, 0.25) is 0 Å². The van der Waals surface area contributed by atoms with Crippen molar-refractivity contribution in [3.63, 3.8) is 0 Å². The van der Waals surface area contributed by atoms with Gasteiger partial charge in [0.15, 0.2) is 0 Å². The Kier molecular flexibility index (Phi) is 39.4. The van der Waals surface area contributed by atoms with Crippen molar-refractivity contribution >= 4 is 25.7 Å². The second-order valence-corrected chi connectivity index (χ2v) is 6.02. The molecule has 33 heavy (non-hydrogen) atoms. The Bertz CT molecular complexity index is 792. The molecule has 0 aliphatic heterocycles. The van der Waals surface area contributed by atoms with Crippen LogP contribution in [0.3, 0.4) is 0 Å². The van der Waals surface area contributed by atoms with Gasteiger partial charge in [0.1, 0.15) is 0 Å². The Morgan fingerprint density at radius 2 is 0.939 bits per heavy atom. The summed E-state index contributed by atoms with van der Waals surface area (Å²) in [5.41, 5.74) is 5.10. The zero-order valence-electron chi connectivity index (χ0n) is 18.5. The zero-order chi connectivity index (χ0) is 25.9. The maximum absolute atomic E-state index is 7.50. The van der Waals surface area contributed by atoms with E-state index in [2.05, 4.69) is 135 Å². The van der Waals surface area contributed by atoms with Crippen LogP contribution in [-0.4, -0.2) is 38.1 Å². The van der Waals surface area contributed by atoms with E-state index in [-0.39, 0.29) is 17.4 Å². The van der Waals surface area contributed by atoms with Gasteiger partial charge in [-0.25, -0.2) is 0 Å². The molecule has 2 aromatic carbocycles. The van der Waals surface area contributed by atoms with E-state index in [0.29, 0.717) is 0 Å². The summed E-state index contributed by atoms with van der Waals surface area (Å²) in [5.74, 6) is 0. The third-order valence-electron chi connectivity index (χ3n) is 3.87. The van der Waals surface area contributed by atoms with Crippen molar-refractivity contribution in [2.75, 3.05) is 13.1 Å². The monoisotopic (exact) mass is 549 g/mol. The van der Waals surface area contributed by atoms with Crippen molar-refractivity contribution in [3.05, 3.63) is 111 Å². The van der Waals surface area contributed by atoms with Crippen LogP contribution >= 0.6 is 0 Å². The van der Waals surface area contributed by atoms with Gasteiger partial charge in [0.2, 0.25) is 0 Å². The fourth-order valence-electron chi connectivity index (χ4n) is 2.66. The van der Waals surface area contributed by atoms with Gasteiger partial charge >= 0.3 is 198 Å². The molecule has 0 bridgehead atoms. The van der Waals surface area contributed by atoms with Crippen LogP contribution in [0, 0.1) is 33.3 Å². The van der Waals surface area contributed by atoms with Gasteiger partial charge in [0, 0.05) is 17.4 Å². The van der Waals surface area contributed by atoms with Crippen LogP contribution < -0.4 is 0 Å². The molecule has 0 heterocycles. The molecular formula is C25H23CrNO5Se. The molecule has 0 unspecified atom stereocenters. The topological polar surface area (TPSA) is 103 Å². The molecule has 2 rings (SSSR count). The Morgan fingerprint density at radius 1 is 0.667 bits per heavy atom. The minimum Gasteiger partial charge on any atom is 0 e. The average Bonchev–Trinajstić information content (AvgIpc) is 2.92.